The minimum absolute atomic E-state index is 0.0393. The van der Waals surface area contributed by atoms with Crippen LogP contribution in [-0.4, -0.2) is 24.2 Å². The summed E-state index contributed by atoms with van der Waals surface area (Å²) in [5, 5.41) is 8.09. The number of rotatable bonds is 5. The highest BCUT2D eigenvalue weighted by molar-refractivity contribution is 7.90. The average Bonchev–Trinajstić information content (AvgIpc) is 3.46. The Balaban J connectivity index is 1.34. The van der Waals surface area contributed by atoms with Crippen LogP contribution in [0.1, 0.15) is 11.1 Å². The number of hydrogen-bond donors (Lipinski definition) is 2. The van der Waals surface area contributed by atoms with Crippen LogP contribution < -0.4 is 10.0 Å². The van der Waals surface area contributed by atoms with Gasteiger partial charge >= 0.3 is 6.03 Å². The highest BCUT2D eigenvalue weighted by atomic mass is 35.5. The first-order valence-electron chi connectivity index (χ1n) is 11.8. The van der Waals surface area contributed by atoms with E-state index in [0.717, 1.165) is 34.5 Å². The molecule has 0 unspecified atom stereocenters. The van der Waals surface area contributed by atoms with Crippen LogP contribution in [0.3, 0.4) is 0 Å². The summed E-state index contributed by atoms with van der Waals surface area (Å²) in [5.74, 6) is 0. The standard InChI is InChI=1S/C29H21ClN4O3S/c30-21-12-10-19(11-13-21)28-26-18-20-6-4-5-9-25(20)27(26)32-34(28)23-14-16-24(17-15-23)38(36,37)33-29(35)31-22-7-2-1-3-8-22/h1-17H,18H2,(H2,31,33,35). The van der Waals surface area contributed by atoms with E-state index >= 15 is 0 Å². The molecular weight excluding hydrogens is 520 g/mol. The molecule has 1 aromatic heterocycles. The zero-order valence-corrected chi connectivity index (χ0v) is 21.5. The molecule has 0 aliphatic heterocycles. The molecule has 6 rings (SSSR count). The predicted octanol–water partition coefficient (Wildman–Crippen LogP) is 6.27. The number of benzene rings is 4. The first-order chi connectivity index (χ1) is 18.4. The smallest absolute Gasteiger partial charge is 0.307 e. The van der Waals surface area contributed by atoms with Crippen LogP contribution >= 0.6 is 11.6 Å². The number of nitrogens with one attached hydrogen (secondary N) is 2. The lowest BCUT2D eigenvalue weighted by Gasteiger charge is -2.12. The van der Waals surface area contributed by atoms with Gasteiger partial charge in [0.1, 0.15) is 0 Å². The molecule has 4 aromatic carbocycles. The summed E-state index contributed by atoms with van der Waals surface area (Å²) in [6.45, 7) is 0. The minimum atomic E-state index is -4.09. The molecule has 9 heteroatoms. The Bertz CT molecular complexity index is 1770. The predicted molar refractivity (Wildman–Crippen MR) is 148 cm³/mol. The van der Waals surface area contributed by atoms with E-state index in [1.807, 2.05) is 41.1 Å². The van der Waals surface area contributed by atoms with Gasteiger partial charge in [-0.25, -0.2) is 22.6 Å². The van der Waals surface area contributed by atoms with Crippen LogP contribution in [0.2, 0.25) is 5.02 Å². The first-order valence-corrected chi connectivity index (χ1v) is 13.7. The summed E-state index contributed by atoms with van der Waals surface area (Å²) in [6.07, 6.45) is 0.746. The number of fused-ring (bicyclic) bond motifs is 3. The number of halogens is 1. The Labute approximate surface area is 224 Å². The second kappa shape index (κ2) is 9.48. The van der Waals surface area contributed by atoms with Gasteiger partial charge in [-0.1, -0.05) is 66.2 Å². The third kappa shape index (κ3) is 4.44. The molecular formula is C29H21ClN4O3S. The Morgan fingerprint density at radius 3 is 2.26 bits per heavy atom. The molecule has 5 aromatic rings. The minimum Gasteiger partial charge on any atom is -0.307 e. The lowest BCUT2D eigenvalue weighted by molar-refractivity contribution is 0.256. The molecule has 0 spiro atoms. The van der Waals surface area contributed by atoms with Gasteiger partial charge < -0.3 is 5.32 Å². The molecule has 1 aliphatic rings. The van der Waals surface area contributed by atoms with Gasteiger partial charge in [-0.2, -0.15) is 5.10 Å². The topological polar surface area (TPSA) is 93.1 Å². The molecule has 0 bridgehead atoms. The molecule has 1 aliphatic carbocycles. The normalized spacial score (nSPS) is 12.0. The SMILES string of the molecule is O=C(Nc1ccccc1)NS(=O)(=O)c1ccc(-n2nc3c(c2-c2ccc(Cl)cc2)Cc2ccccc2-3)cc1. The van der Waals surface area contributed by atoms with E-state index in [4.69, 9.17) is 16.7 Å². The average molecular weight is 541 g/mol. The Hall–Kier alpha value is -4.40. The van der Waals surface area contributed by atoms with Crippen LogP contribution in [0.5, 0.6) is 0 Å². The van der Waals surface area contributed by atoms with Gasteiger partial charge in [0.05, 0.1) is 22.0 Å². The van der Waals surface area contributed by atoms with E-state index in [2.05, 4.69) is 22.2 Å². The van der Waals surface area contributed by atoms with Crippen LogP contribution in [0.25, 0.3) is 28.2 Å². The van der Waals surface area contributed by atoms with Crippen molar-refractivity contribution in [2.45, 2.75) is 11.3 Å². The molecule has 2 N–H and O–H groups in total. The second-order valence-corrected chi connectivity index (χ2v) is 11.0. The number of nitrogens with zero attached hydrogens (tertiary/aromatic N) is 2. The number of anilines is 1. The van der Waals surface area contributed by atoms with Crippen LogP contribution in [0, 0.1) is 0 Å². The van der Waals surface area contributed by atoms with Crippen molar-refractivity contribution < 1.29 is 13.2 Å². The van der Waals surface area contributed by atoms with Gasteiger partial charge in [0.15, 0.2) is 0 Å². The summed E-state index contributed by atoms with van der Waals surface area (Å²) < 4.78 is 29.6. The van der Waals surface area contributed by atoms with Crippen molar-refractivity contribution in [3.05, 3.63) is 119 Å². The molecule has 7 nitrogen and oxygen atoms in total. The fourth-order valence-electron chi connectivity index (χ4n) is 4.65. The van der Waals surface area contributed by atoms with Gasteiger partial charge in [-0.3, -0.25) is 0 Å². The fourth-order valence-corrected chi connectivity index (χ4v) is 5.68. The number of urea groups is 1. The number of carbonyl (C=O) groups excluding carboxylic acids is 1. The summed E-state index contributed by atoms with van der Waals surface area (Å²) in [7, 11) is -4.09. The van der Waals surface area contributed by atoms with Crippen LogP contribution in [0.4, 0.5) is 10.5 Å². The Morgan fingerprint density at radius 2 is 1.53 bits per heavy atom. The number of hydrogen-bond acceptors (Lipinski definition) is 4. The van der Waals surface area contributed by atoms with Gasteiger partial charge in [-0.15, -0.1) is 0 Å². The number of carbonyl (C=O) groups is 1. The molecule has 38 heavy (non-hydrogen) atoms. The van der Waals surface area contributed by atoms with E-state index in [9.17, 15) is 13.2 Å². The first kappa shape index (κ1) is 24.0. The van der Waals surface area contributed by atoms with Crippen molar-refractivity contribution in [1.29, 1.82) is 0 Å². The van der Waals surface area contributed by atoms with Crippen molar-refractivity contribution in [3.8, 4) is 28.2 Å². The van der Waals surface area contributed by atoms with E-state index in [-0.39, 0.29) is 4.90 Å². The van der Waals surface area contributed by atoms with Crippen molar-refractivity contribution in [2.24, 2.45) is 0 Å². The zero-order chi connectivity index (χ0) is 26.3. The van der Waals surface area contributed by atoms with Crippen molar-refractivity contribution >= 4 is 33.3 Å². The summed E-state index contributed by atoms with van der Waals surface area (Å²) in [6, 6.07) is 29.8. The van der Waals surface area contributed by atoms with E-state index in [0.29, 0.717) is 16.4 Å². The van der Waals surface area contributed by atoms with Crippen molar-refractivity contribution in [3.63, 3.8) is 0 Å². The van der Waals surface area contributed by atoms with E-state index in [1.165, 1.54) is 17.7 Å². The third-order valence-corrected chi connectivity index (χ3v) is 7.99. The van der Waals surface area contributed by atoms with Gasteiger partial charge in [0, 0.05) is 33.8 Å². The summed E-state index contributed by atoms with van der Waals surface area (Å²) in [5.41, 5.74) is 7.35. The van der Waals surface area contributed by atoms with Crippen LogP contribution in [-0.2, 0) is 16.4 Å². The quantitative estimate of drug-likeness (QED) is 0.269. The Morgan fingerprint density at radius 1 is 0.842 bits per heavy atom. The van der Waals surface area contributed by atoms with E-state index < -0.39 is 16.1 Å². The van der Waals surface area contributed by atoms with Gasteiger partial charge in [0.25, 0.3) is 10.0 Å². The second-order valence-electron chi connectivity index (χ2n) is 8.85. The maximum absolute atomic E-state index is 12.8. The summed E-state index contributed by atoms with van der Waals surface area (Å²) in [4.78, 5) is 12.2. The lowest BCUT2D eigenvalue weighted by Crippen LogP contribution is -2.34. The Kier molecular flexibility index (Phi) is 5.98. The van der Waals surface area contributed by atoms with Crippen LogP contribution in [0.15, 0.2) is 108 Å². The maximum atomic E-state index is 12.8. The van der Waals surface area contributed by atoms with E-state index in [1.54, 1.807) is 42.5 Å². The fraction of sp³-hybridized carbons (Fsp3) is 0.0345. The number of sulfonamides is 1. The zero-order valence-electron chi connectivity index (χ0n) is 19.9. The molecule has 0 saturated heterocycles. The molecule has 0 radical (unpaired) electrons. The largest absolute Gasteiger partial charge is 0.333 e. The maximum Gasteiger partial charge on any atom is 0.333 e. The van der Waals surface area contributed by atoms with Gasteiger partial charge in [0.2, 0.25) is 0 Å². The molecule has 0 saturated carbocycles. The van der Waals surface area contributed by atoms with Crippen molar-refractivity contribution in [2.75, 3.05) is 5.32 Å². The third-order valence-electron chi connectivity index (χ3n) is 6.39. The summed E-state index contributed by atoms with van der Waals surface area (Å²) >= 11 is 6.15. The number of amides is 2. The van der Waals surface area contributed by atoms with Crippen molar-refractivity contribution in [1.82, 2.24) is 14.5 Å². The molecule has 0 atom stereocenters. The molecule has 1 heterocycles. The molecule has 2 amide bonds. The van der Waals surface area contributed by atoms with Gasteiger partial charge in [-0.05, 0) is 54.1 Å². The lowest BCUT2D eigenvalue weighted by atomic mass is 10.0. The number of aromatic nitrogens is 2. The highest BCUT2D eigenvalue weighted by Gasteiger charge is 2.28. The molecule has 188 valence electrons. The molecule has 0 fully saturated rings. The monoisotopic (exact) mass is 540 g/mol. The highest BCUT2D eigenvalue weighted by Crippen LogP contribution is 2.42. The number of para-hydroxylation sites is 1.